The number of ether oxygens (including phenoxy) is 2. The Morgan fingerprint density at radius 2 is 1.84 bits per heavy atom. The number of carboxylic acids is 1. The Morgan fingerprint density at radius 3 is 2.44 bits per heavy atom. The maximum atomic E-state index is 10.9. The number of carboxylic acid groups (broad SMARTS) is 1. The second kappa shape index (κ2) is 9.96. The van der Waals surface area contributed by atoms with Crippen molar-refractivity contribution in [1.29, 1.82) is 0 Å². The Morgan fingerprint density at radius 1 is 1.09 bits per heavy atom. The molecule has 0 spiro atoms. The number of hydrogen-bond acceptors (Lipinski definition) is 6. The molecule has 0 bridgehead atoms. The van der Waals surface area contributed by atoms with Crippen LogP contribution >= 0.6 is 0 Å². The van der Waals surface area contributed by atoms with Crippen LogP contribution in [0.2, 0.25) is 0 Å². The standard InChI is InChI=1S/C25H27N3O4/c1-25(2,3)20-9-5-17(6-10-20)16-32-21-11-7-18(13-22(21)31-4)14-27-28-23-12-8-19(15-26-23)24(29)30/h5-15H,16H2,1-4H3,(H,26,28)(H,29,30)/b27-14+. The van der Waals surface area contributed by atoms with Gasteiger partial charge in [-0.3, -0.25) is 5.43 Å². The van der Waals surface area contributed by atoms with E-state index in [1.807, 2.05) is 18.2 Å². The normalized spacial score (nSPS) is 11.4. The van der Waals surface area contributed by atoms with Gasteiger partial charge >= 0.3 is 5.97 Å². The summed E-state index contributed by atoms with van der Waals surface area (Å²) in [4.78, 5) is 14.9. The fraction of sp³-hybridized carbons (Fsp3) is 0.240. The van der Waals surface area contributed by atoms with E-state index in [0.717, 1.165) is 11.1 Å². The maximum Gasteiger partial charge on any atom is 0.337 e. The first kappa shape index (κ1) is 22.8. The number of rotatable bonds is 8. The van der Waals surface area contributed by atoms with Crippen molar-refractivity contribution >= 4 is 18.0 Å². The number of benzene rings is 2. The highest BCUT2D eigenvalue weighted by Crippen LogP contribution is 2.29. The van der Waals surface area contributed by atoms with Crippen molar-refractivity contribution in [2.45, 2.75) is 32.8 Å². The molecule has 0 radical (unpaired) electrons. The molecule has 2 N–H and O–H groups in total. The van der Waals surface area contributed by atoms with Crippen LogP contribution in [-0.2, 0) is 12.0 Å². The van der Waals surface area contributed by atoms with Crippen LogP contribution in [0.25, 0.3) is 0 Å². The monoisotopic (exact) mass is 433 g/mol. The number of methoxy groups -OCH3 is 1. The number of pyridine rings is 1. The number of nitrogens with zero attached hydrogens (tertiary/aromatic N) is 2. The third-order valence-corrected chi connectivity index (χ3v) is 4.81. The molecule has 0 atom stereocenters. The van der Waals surface area contributed by atoms with Gasteiger partial charge in [-0.1, -0.05) is 45.0 Å². The molecule has 0 fully saturated rings. The Kier molecular flexibility index (Phi) is 7.10. The van der Waals surface area contributed by atoms with Crippen LogP contribution in [0.1, 0.15) is 47.8 Å². The smallest absolute Gasteiger partial charge is 0.337 e. The number of aromatic carboxylic acids is 1. The van der Waals surface area contributed by atoms with E-state index in [4.69, 9.17) is 14.6 Å². The first-order valence-corrected chi connectivity index (χ1v) is 10.1. The first-order chi connectivity index (χ1) is 15.3. The summed E-state index contributed by atoms with van der Waals surface area (Å²) in [6.45, 7) is 7.01. The summed E-state index contributed by atoms with van der Waals surface area (Å²) < 4.78 is 11.4. The van der Waals surface area contributed by atoms with Crippen molar-refractivity contribution in [3.05, 3.63) is 83.0 Å². The van der Waals surface area contributed by atoms with Crippen LogP contribution in [0, 0.1) is 0 Å². The Balaban J connectivity index is 1.61. The summed E-state index contributed by atoms with van der Waals surface area (Å²) in [6.07, 6.45) is 2.89. The van der Waals surface area contributed by atoms with Crippen molar-refractivity contribution in [3.8, 4) is 11.5 Å². The van der Waals surface area contributed by atoms with E-state index >= 15 is 0 Å². The lowest BCUT2D eigenvalue weighted by atomic mass is 9.87. The van der Waals surface area contributed by atoms with E-state index < -0.39 is 5.97 Å². The number of carbonyl (C=O) groups is 1. The van der Waals surface area contributed by atoms with Gasteiger partial charge in [0, 0.05) is 6.20 Å². The molecule has 0 saturated heterocycles. The van der Waals surface area contributed by atoms with E-state index in [9.17, 15) is 4.79 Å². The molecule has 1 heterocycles. The van der Waals surface area contributed by atoms with Crippen LogP contribution in [0.3, 0.4) is 0 Å². The van der Waals surface area contributed by atoms with E-state index in [1.54, 1.807) is 19.4 Å². The van der Waals surface area contributed by atoms with E-state index in [-0.39, 0.29) is 11.0 Å². The van der Waals surface area contributed by atoms with Gasteiger partial charge in [0.15, 0.2) is 11.5 Å². The number of anilines is 1. The Labute approximate surface area is 187 Å². The average Bonchev–Trinajstić information content (AvgIpc) is 2.78. The Hall–Kier alpha value is -3.87. The predicted octanol–water partition coefficient (Wildman–Crippen LogP) is 5.11. The number of aromatic nitrogens is 1. The molecule has 0 aliphatic heterocycles. The van der Waals surface area contributed by atoms with Gasteiger partial charge in [0.25, 0.3) is 0 Å². The van der Waals surface area contributed by atoms with Gasteiger partial charge in [-0.25, -0.2) is 9.78 Å². The van der Waals surface area contributed by atoms with Gasteiger partial charge in [0.2, 0.25) is 0 Å². The molecule has 1 aromatic heterocycles. The molecule has 7 heteroatoms. The molecule has 0 aliphatic carbocycles. The first-order valence-electron chi connectivity index (χ1n) is 10.1. The Bertz CT molecular complexity index is 1090. The van der Waals surface area contributed by atoms with Gasteiger partial charge in [-0.15, -0.1) is 0 Å². The lowest BCUT2D eigenvalue weighted by Crippen LogP contribution is -2.10. The van der Waals surface area contributed by atoms with E-state index in [0.29, 0.717) is 23.9 Å². The van der Waals surface area contributed by atoms with Crippen LogP contribution in [0.4, 0.5) is 5.82 Å². The molecule has 0 amide bonds. The summed E-state index contributed by atoms with van der Waals surface area (Å²) >= 11 is 0. The van der Waals surface area contributed by atoms with Crippen molar-refractivity contribution in [3.63, 3.8) is 0 Å². The van der Waals surface area contributed by atoms with E-state index in [1.165, 1.54) is 17.8 Å². The minimum absolute atomic E-state index is 0.116. The maximum absolute atomic E-state index is 10.9. The summed E-state index contributed by atoms with van der Waals surface area (Å²) in [6, 6.07) is 17.0. The number of hydrazone groups is 1. The SMILES string of the molecule is COc1cc(/C=N/Nc2ccc(C(=O)O)cn2)ccc1OCc1ccc(C(C)(C)C)cc1. The van der Waals surface area contributed by atoms with Crippen molar-refractivity contribution in [2.24, 2.45) is 5.10 Å². The third-order valence-electron chi connectivity index (χ3n) is 4.81. The molecule has 2 aromatic carbocycles. The van der Waals surface area contributed by atoms with Gasteiger partial charge in [-0.05, 0) is 52.4 Å². The molecule has 3 rings (SSSR count). The molecule has 166 valence electrons. The van der Waals surface area contributed by atoms with Crippen molar-refractivity contribution < 1.29 is 19.4 Å². The quantitative estimate of drug-likeness (QED) is 0.379. The fourth-order valence-corrected chi connectivity index (χ4v) is 2.91. The molecule has 3 aromatic rings. The average molecular weight is 434 g/mol. The van der Waals surface area contributed by atoms with Gasteiger partial charge < -0.3 is 14.6 Å². The lowest BCUT2D eigenvalue weighted by molar-refractivity contribution is 0.0696. The van der Waals surface area contributed by atoms with Crippen LogP contribution < -0.4 is 14.9 Å². The van der Waals surface area contributed by atoms with Crippen molar-refractivity contribution in [2.75, 3.05) is 12.5 Å². The molecule has 0 saturated carbocycles. The summed E-state index contributed by atoms with van der Waals surface area (Å²) in [5, 5.41) is 13.0. The zero-order chi connectivity index (χ0) is 23.1. The van der Waals surface area contributed by atoms with Gasteiger partial charge in [0.1, 0.15) is 12.4 Å². The summed E-state index contributed by atoms with van der Waals surface area (Å²) in [5.41, 5.74) is 6.17. The zero-order valence-electron chi connectivity index (χ0n) is 18.6. The largest absolute Gasteiger partial charge is 0.493 e. The number of hydrogen-bond donors (Lipinski definition) is 2. The second-order valence-corrected chi connectivity index (χ2v) is 8.25. The van der Waals surface area contributed by atoms with Gasteiger partial charge in [-0.2, -0.15) is 5.10 Å². The molecule has 0 unspecified atom stereocenters. The molecule has 0 aliphatic rings. The molecule has 7 nitrogen and oxygen atoms in total. The van der Waals surface area contributed by atoms with Gasteiger partial charge in [0.05, 0.1) is 18.9 Å². The summed E-state index contributed by atoms with van der Waals surface area (Å²) in [7, 11) is 1.59. The fourth-order valence-electron chi connectivity index (χ4n) is 2.91. The minimum Gasteiger partial charge on any atom is -0.493 e. The zero-order valence-corrected chi connectivity index (χ0v) is 18.6. The molecular formula is C25H27N3O4. The van der Waals surface area contributed by atoms with E-state index in [2.05, 4.69) is 60.5 Å². The van der Waals surface area contributed by atoms with Crippen molar-refractivity contribution in [1.82, 2.24) is 4.98 Å². The minimum atomic E-state index is -1.02. The summed E-state index contributed by atoms with van der Waals surface area (Å²) in [5.74, 6) is 0.659. The van der Waals surface area contributed by atoms with Crippen LogP contribution in [0.5, 0.6) is 11.5 Å². The second-order valence-electron chi connectivity index (χ2n) is 8.25. The lowest BCUT2D eigenvalue weighted by Gasteiger charge is -2.19. The van der Waals surface area contributed by atoms with Crippen LogP contribution in [-0.4, -0.2) is 29.4 Å². The topological polar surface area (TPSA) is 93.0 Å². The highest BCUT2D eigenvalue weighted by Gasteiger charge is 2.13. The third kappa shape index (κ3) is 6.07. The number of nitrogens with one attached hydrogen (secondary N) is 1. The molecular weight excluding hydrogens is 406 g/mol. The highest BCUT2D eigenvalue weighted by atomic mass is 16.5. The van der Waals surface area contributed by atoms with Crippen LogP contribution in [0.15, 0.2) is 65.9 Å². The highest BCUT2D eigenvalue weighted by molar-refractivity contribution is 5.87. The molecule has 32 heavy (non-hydrogen) atoms. The predicted molar refractivity (Wildman–Crippen MR) is 125 cm³/mol.